The van der Waals surface area contributed by atoms with E-state index in [-0.39, 0.29) is 29.6 Å². The molecule has 33 heavy (non-hydrogen) atoms. The molecular formula is C26H49NaO5S. The molecule has 0 saturated carbocycles. The van der Waals surface area contributed by atoms with E-state index in [4.69, 9.17) is 17.5 Å². The average Bonchev–Trinajstić information content (AvgIpc) is 2.73. The second kappa shape index (κ2) is 28.1. The predicted octanol–water partition coefficient (Wildman–Crippen LogP) is 5.39. The monoisotopic (exact) mass is 496 g/mol. The molecule has 0 aliphatic carbocycles. The molecule has 0 radical (unpaired) electrons. The maximum Gasteiger partial charge on any atom is 1.00 e. The fourth-order valence-electron chi connectivity index (χ4n) is 3.31. The van der Waals surface area contributed by atoms with Crippen molar-refractivity contribution in [2.45, 2.75) is 123 Å². The van der Waals surface area contributed by atoms with Crippen LogP contribution in [0.2, 0.25) is 0 Å². The Bertz CT molecular complexity index is 590. The third kappa shape index (κ3) is 36.6. The Morgan fingerprint density at radius 3 is 1.45 bits per heavy atom. The van der Waals surface area contributed by atoms with E-state index in [1.54, 1.807) is 6.07 Å². The van der Waals surface area contributed by atoms with Gasteiger partial charge in [-0.3, -0.25) is 9.11 Å². The second-order valence-electron chi connectivity index (χ2n) is 8.28. The first-order chi connectivity index (χ1) is 15.3. The summed E-state index contributed by atoms with van der Waals surface area (Å²) < 4.78 is 31.6. The molecule has 0 aliphatic rings. The first-order valence-corrected chi connectivity index (χ1v) is 13.9. The summed E-state index contributed by atoms with van der Waals surface area (Å²) in [5.41, 5.74) is 1.09. The summed E-state index contributed by atoms with van der Waals surface area (Å²) in [6.45, 7) is 8.35. The van der Waals surface area contributed by atoms with Crippen LogP contribution in [-0.4, -0.2) is 22.6 Å². The van der Waals surface area contributed by atoms with Crippen molar-refractivity contribution in [2.75, 3.05) is 0 Å². The second-order valence-corrected chi connectivity index (χ2v) is 9.17. The Balaban J connectivity index is -0.000000450. The van der Waals surface area contributed by atoms with Gasteiger partial charge in [-0.15, -0.1) is 0 Å². The smallest absolute Gasteiger partial charge is 0.508 e. The molecule has 190 valence electrons. The normalized spacial score (nSPS) is 10.3. The zero-order valence-corrected chi connectivity index (χ0v) is 24.4. The zero-order valence-electron chi connectivity index (χ0n) is 21.6. The summed E-state index contributed by atoms with van der Waals surface area (Å²) in [5, 5.41) is 9.55. The fraction of sp³-hybridized carbons (Fsp3) is 0.731. The van der Waals surface area contributed by atoms with E-state index in [1.165, 1.54) is 96.3 Å². The predicted molar refractivity (Wildman–Crippen MR) is 137 cm³/mol. The number of para-hydroxylation sites is 1. The minimum atomic E-state index is -4.67. The number of aryl methyl sites for hydroxylation is 1. The number of hydrogen-bond acceptors (Lipinski definition) is 3. The number of benzene rings is 1. The average molecular weight is 497 g/mol. The molecule has 0 fully saturated rings. The van der Waals surface area contributed by atoms with Crippen molar-refractivity contribution in [1.29, 1.82) is 0 Å². The largest absolute Gasteiger partial charge is 1.00 e. The molecule has 0 bridgehead atoms. The third-order valence-corrected chi connectivity index (χ3v) is 5.14. The molecule has 7 heteroatoms. The van der Waals surface area contributed by atoms with Gasteiger partial charge in [-0.2, -0.15) is 14.8 Å². The minimum Gasteiger partial charge on any atom is -0.508 e. The van der Waals surface area contributed by atoms with Gasteiger partial charge in [-0.25, -0.2) is 0 Å². The van der Waals surface area contributed by atoms with Gasteiger partial charge in [0.1, 0.15) is 5.75 Å². The van der Waals surface area contributed by atoms with E-state index in [2.05, 4.69) is 20.8 Å². The van der Waals surface area contributed by atoms with Gasteiger partial charge in [0.2, 0.25) is 0 Å². The van der Waals surface area contributed by atoms with Gasteiger partial charge < -0.3 is 12.0 Å². The number of hydrogen-bond donors (Lipinski definition) is 3. The summed E-state index contributed by atoms with van der Waals surface area (Å²) in [5.74, 6) is 0.450. The van der Waals surface area contributed by atoms with Crippen molar-refractivity contribution in [3.05, 3.63) is 36.8 Å². The van der Waals surface area contributed by atoms with Crippen LogP contribution in [0.15, 0.2) is 24.3 Å². The Morgan fingerprint density at radius 2 is 1.06 bits per heavy atom. The zero-order chi connectivity index (χ0) is 24.5. The molecule has 0 saturated heterocycles. The van der Waals surface area contributed by atoms with Gasteiger partial charge >= 0.3 is 40.0 Å². The van der Waals surface area contributed by atoms with Crippen LogP contribution in [0, 0.1) is 6.92 Å². The molecule has 0 spiro atoms. The first kappa shape index (κ1) is 37.4. The van der Waals surface area contributed by atoms with E-state index < -0.39 is 10.4 Å². The maximum atomic E-state index is 9.55. The molecule has 0 atom stereocenters. The Hall–Kier alpha value is -0.110. The van der Waals surface area contributed by atoms with Gasteiger partial charge in [-0.05, 0) is 24.5 Å². The van der Waals surface area contributed by atoms with Crippen molar-refractivity contribution in [1.82, 2.24) is 0 Å². The Labute approximate surface area is 227 Å². The van der Waals surface area contributed by atoms with Gasteiger partial charge in [0.05, 0.1) is 0 Å². The number of unbranched alkanes of at least 4 members (excludes halogenated alkanes) is 14. The van der Waals surface area contributed by atoms with Gasteiger partial charge in [0, 0.05) is 0 Å². The van der Waals surface area contributed by atoms with Crippen LogP contribution in [0.4, 0.5) is 0 Å². The van der Waals surface area contributed by atoms with Crippen LogP contribution in [-0.2, 0) is 16.8 Å². The quantitative estimate of drug-likeness (QED) is 0.123. The van der Waals surface area contributed by atoms with E-state index in [0.29, 0.717) is 5.75 Å². The molecule has 1 aromatic carbocycles. The van der Waals surface area contributed by atoms with Crippen molar-refractivity contribution in [2.24, 2.45) is 0 Å². The van der Waals surface area contributed by atoms with Crippen LogP contribution in [0.3, 0.4) is 0 Å². The van der Waals surface area contributed by atoms with Gasteiger partial charge in [-0.1, -0.05) is 122 Å². The van der Waals surface area contributed by atoms with Crippen molar-refractivity contribution in [3.8, 4) is 5.75 Å². The number of phenolic OH excluding ortho intramolecular Hbond substituents is 1. The van der Waals surface area contributed by atoms with E-state index in [9.17, 15) is 5.11 Å². The molecule has 5 nitrogen and oxygen atoms in total. The fourth-order valence-corrected chi connectivity index (χ4v) is 3.31. The summed E-state index contributed by atoms with van der Waals surface area (Å²) in [7, 11) is -4.67. The number of rotatable bonds is 16. The number of aromatic hydroxyl groups is 1. The molecule has 0 amide bonds. The van der Waals surface area contributed by atoms with Crippen LogP contribution in [0.25, 0.3) is 0 Å². The Kier molecular flexibility index (Phi) is 31.9. The van der Waals surface area contributed by atoms with Crippen molar-refractivity contribution in [3.63, 3.8) is 0 Å². The summed E-state index contributed by atoms with van der Waals surface area (Å²) >= 11 is 0. The molecule has 1 aromatic rings. The molecule has 3 N–H and O–H groups in total. The van der Waals surface area contributed by atoms with E-state index in [1.807, 2.05) is 18.2 Å². The summed E-state index contributed by atoms with van der Waals surface area (Å²) in [6, 6.07) is 7.65. The molecule has 0 aliphatic heterocycles. The molecule has 0 heterocycles. The Morgan fingerprint density at radius 1 is 0.697 bits per heavy atom. The van der Waals surface area contributed by atoms with E-state index >= 15 is 0 Å². The molecular weight excluding hydrogens is 447 g/mol. The van der Waals surface area contributed by atoms with Crippen molar-refractivity contribution >= 4 is 10.4 Å². The molecule has 1 rings (SSSR count). The standard InChI is InChI=1S/C14H22O.C12H25.Na.H2O4S/c1-2-3-4-5-6-7-10-13-11-8-9-12-14(13)15;1-3-5-7-9-11-12-10-8-6-4-2;;1-5(2,3)4/h8-9,11-12,15H,2-7,10H2,1H3;1,3-12H2,2H3;;(H2,1,2,3,4)/q;-1;+1;. The van der Waals surface area contributed by atoms with Crippen LogP contribution in [0.5, 0.6) is 5.75 Å². The maximum absolute atomic E-state index is 9.55. The van der Waals surface area contributed by atoms with Crippen LogP contribution < -0.4 is 29.6 Å². The third-order valence-electron chi connectivity index (χ3n) is 5.14. The van der Waals surface area contributed by atoms with Crippen molar-refractivity contribution < 1.29 is 52.2 Å². The van der Waals surface area contributed by atoms with Gasteiger partial charge in [0.15, 0.2) is 0 Å². The SMILES string of the molecule is CCCCCCCCc1ccccc1O.O=S(=O)(O)O.[CH2-]CCCCCCCCCCC.[Na+]. The van der Waals surface area contributed by atoms with E-state index in [0.717, 1.165) is 18.4 Å². The topological polar surface area (TPSA) is 94.8 Å². The summed E-state index contributed by atoms with van der Waals surface area (Å²) in [4.78, 5) is 0. The van der Waals surface area contributed by atoms with Crippen LogP contribution in [0.1, 0.15) is 122 Å². The number of phenols is 1. The summed E-state index contributed by atoms with van der Waals surface area (Å²) in [6.07, 6.45) is 22.7. The van der Waals surface area contributed by atoms with Crippen LogP contribution >= 0.6 is 0 Å². The first-order valence-electron chi connectivity index (χ1n) is 12.5. The molecule has 0 unspecified atom stereocenters. The molecule has 0 aromatic heterocycles. The van der Waals surface area contributed by atoms with Gasteiger partial charge in [0.25, 0.3) is 0 Å². The minimum absolute atomic E-state index is 0.